The fourth-order valence-corrected chi connectivity index (χ4v) is 3.53. The quantitative estimate of drug-likeness (QED) is 0.741. The second-order valence-electron chi connectivity index (χ2n) is 6.42. The maximum atomic E-state index is 12.8. The first-order valence-corrected chi connectivity index (χ1v) is 8.27. The lowest BCUT2D eigenvalue weighted by Gasteiger charge is -2.22. The summed E-state index contributed by atoms with van der Waals surface area (Å²) in [7, 11) is 0. The van der Waals surface area contributed by atoms with Crippen LogP contribution in [0.1, 0.15) is 36.0 Å². The van der Waals surface area contributed by atoms with Crippen LogP contribution in [-0.4, -0.2) is 26.4 Å². The molecule has 1 aliphatic heterocycles. The summed E-state index contributed by atoms with van der Waals surface area (Å²) < 4.78 is 7.01. The van der Waals surface area contributed by atoms with Crippen molar-refractivity contribution in [3.8, 4) is 0 Å². The molecule has 0 saturated carbocycles. The Labute approximate surface area is 139 Å². The highest BCUT2D eigenvalue weighted by molar-refractivity contribution is 5.83. The summed E-state index contributed by atoms with van der Waals surface area (Å²) in [6.45, 7) is 5.25. The van der Waals surface area contributed by atoms with E-state index in [4.69, 9.17) is 4.52 Å². The minimum absolute atomic E-state index is 0.0457. The highest BCUT2D eigenvalue weighted by atomic mass is 16.5. The fourth-order valence-electron chi connectivity index (χ4n) is 3.53. The van der Waals surface area contributed by atoms with Gasteiger partial charge in [-0.15, -0.1) is 0 Å². The molecule has 6 heteroatoms. The number of likely N-dealkylation sites (tertiary alicyclic amines) is 1. The molecule has 3 aromatic rings. The van der Waals surface area contributed by atoms with Gasteiger partial charge in [-0.3, -0.25) is 9.69 Å². The van der Waals surface area contributed by atoms with Gasteiger partial charge in [0.05, 0.1) is 29.5 Å². The molecule has 1 aliphatic rings. The van der Waals surface area contributed by atoms with Crippen molar-refractivity contribution in [2.45, 2.75) is 39.4 Å². The van der Waals surface area contributed by atoms with Crippen molar-refractivity contribution in [2.24, 2.45) is 0 Å². The molecule has 1 saturated heterocycles. The Bertz CT molecular complexity index is 944. The number of nitrogens with zero attached hydrogens (tertiary/aromatic N) is 4. The molecule has 0 spiro atoms. The van der Waals surface area contributed by atoms with E-state index in [0.29, 0.717) is 6.67 Å². The lowest BCUT2D eigenvalue weighted by molar-refractivity contribution is 0.161. The predicted octanol–water partition coefficient (Wildman–Crippen LogP) is 2.80. The van der Waals surface area contributed by atoms with Crippen molar-refractivity contribution in [1.82, 2.24) is 19.8 Å². The highest BCUT2D eigenvalue weighted by Gasteiger charge is 2.29. The molecule has 4 rings (SSSR count). The van der Waals surface area contributed by atoms with E-state index in [1.807, 2.05) is 44.2 Å². The first-order valence-electron chi connectivity index (χ1n) is 8.27. The van der Waals surface area contributed by atoms with E-state index in [1.54, 1.807) is 4.68 Å². The van der Waals surface area contributed by atoms with Gasteiger partial charge in [-0.05, 0) is 32.8 Å². The Morgan fingerprint density at radius 2 is 2.04 bits per heavy atom. The molecule has 3 heterocycles. The van der Waals surface area contributed by atoms with Gasteiger partial charge in [-0.1, -0.05) is 23.4 Å². The summed E-state index contributed by atoms with van der Waals surface area (Å²) in [6, 6.07) is 9.77. The molecule has 0 bridgehead atoms. The van der Waals surface area contributed by atoms with E-state index in [-0.39, 0.29) is 11.6 Å². The van der Waals surface area contributed by atoms with Gasteiger partial charge in [0.25, 0.3) is 5.56 Å². The zero-order valence-corrected chi connectivity index (χ0v) is 13.9. The van der Waals surface area contributed by atoms with Crippen LogP contribution in [0.15, 0.2) is 39.6 Å². The van der Waals surface area contributed by atoms with Gasteiger partial charge in [-0.2, -0.15) is 5.10 Å². The van der Waals surface area contributed by atoms with E-state index in [1.165, 1.54) is 0 Å². The van der Waals surface area contributed by atoms with Gasteiger partial charge >= 0.3 is 0 Å². The summed E-state index contributed by atoms with van der Waals surface area (Å²) in [4.78, 5) is 15.0. The van der Waals surface area contributed by atoms with Crippen LogP contribution in [0.5, 0.6) is 0 Å². The van der Waals surface area contributed by atoms with Gasteiger partial charge in [0, 0.05) is 18.0 Å². The van der Waals surface area contributed by atoms with Crippen molar-refractivity contribution in [3.05, 3.63) is 57.8 Å². The summed E-state index contributed by atoms with van der Waals surface area (Å²) in [6.07, 6.45) is 2.08. The number of fused-ring (bicyclic) bond motifs is 1. The average molecular weight is 324 g/mol. The molecule has 1 atom stereocenters. The molecular weight excluding hydrogens is 304 g/mol. The summed E-state index contributed by atoms with van der Waals surface area (Å²) in [5, 5.41) is 10.1. The zero-order chi connectivity index (χ0) is 16.7. The smallest absolute Gasteiger partial charge is 0.275 e. The number of aryl methyl sites for hydroxylation is 2. The first-order chi connectivity index (χ1) is 11.6. The molecule has 2 aromatic heterocycles. The lowest BCUT2D eigenvalue weighted by Crippen LogP contribution is -2.34. The minimum atomic E-state index is -0.0457. The third-order valence-corrected chi connectivity index (χ3v) is 4.71. The van der Waals surface area contributed by atoms with Crippen LogP contribution >= 0.6 is 0 Å². The Kier molecular flexibility index (Phi) is 3.69. The predicted molar refractivity (Wildman–Crippen MR) is 90.7 cm³/mol. The van der Waals surface area contributed by atoms with Crippen LogP contribution in [0.2, 0.25) is 0 Å². The van der Waals surface area contributed by atoms with Crippen molar-refractivity contribution in [3.63, 3.8) is 0 Å². The molecule has 6 nitrogen and oxygen atoms in total. The number of hydrogen-bond acceptors (Lipinski definition) is 5. The average Bonchev–Trinajstić information content (AvgIpc) is 3.21. The number of aromatic nitrogens is 3. The maximum Gasteiger partial charge on any atom is 0.275 e. The van der Waals surface area contributed by atoms with Gasteiger partial charge in [0.15, 0.2) is 5.76 Å². The Hall–Kier alpha value is -2.47. The molecule has 0 aliphatic carbocycles. The van der Waals surface area contributed by atoms with Crippen LogP contribution < -0.4 is 5.56 Å². The van der Waals surface area contributed by atoms with E-state index in [9.17, 15) is 4.79 Å². The maximum absolute atomic E-state index is 12.8. The van der Waals surface area contributed by atoms with Gasteiger partial charge in [0.2, 0.25) is 0 Å². The van der Waals surface area contributed by atoms with Gasteiger partial charge < -0.3 is 4.52 Å². The van der Waals surface area contributed by atoms with Crippen LogP contribution in [-0.2, 0) is 6.67 Å². The Balaban J connectivity index is 1.69. The summed E-state index contributed by atoms with van der Waals surface area (Å²) in [5.74, 6) is 0.871. The normalized spacial score (nSPS) is 18.5. The van der Waals surface area contributed by atoms with Crippen LogP contribution in [0, 0.1) is 13.8 Å². The third-order valence-electron chi connectivity index (χ3n) is 4.71. The van der Waals surface area contributed by atoms with Crippen molar-refractivity contribution < 1.29 is 4.52 Å². The third kappa shape index (κ3) is 2.53. The Morgan fingerprint density at radius 1 is 1.25 bits per heavy atom. The molecule has 124 valence electrons. The number of benzene rings is 1. The SMILES string of the molecule is Cc1cc(C2CCCN2Cn2nc(C)c3ccccc3c2=O)on1. The lowest BCUT2D eigenvalue weighted by atomic mass is 10.1. The monoisotopic (exact) mass is 324 g/mol. The molecule has 1 fully saturated rings. The Morgan fingerprint density at radius 3 is 2.79 bits per heavy atom. The zero-order valence-electron chi connectivity index (χ0n) is 13.9. The van der Waals surface area contributed by atoms with Gasteiger partial charge in [0.1, 0.15) is 0 Å². The number of rotatable bonds is 3. The second kappa shape index (κ2) is 5.87. The largest absolute Gasteiger partial charge is 0.359 e. The van der Waals surface area contributed by atoms with Crippen LogP contribution in [0.25, 0.3) is 10.8 Å². The first kappa shape index (κ1) is 15.1. The van der Waals surface area contributed by atoms with E-state index in [0.717, 1.165) is 47.3 Å². The van der Waals surface area contributed by atoms with Crippen molar-refractivity contribution >= 4 is 10.8 Å². The van der Waals surface area contributed by atoms with Crippen molar-refractivity contribution in [1.29, 1.82) is 0 Å². The van der Waals surface area contributed by atoms with Crippen LogP contribution in [0.3, 0.4) is 0 Å². The summed E-state index contributed by atoms with van der Waals surface area (Å²) in [5.41, 5.74) is 1.71. The fraction of sp³-hybridized carbons (Fsp3) is 0.389. The molecular formula is C18H20N4O2. The molecule has 24 heavy (non-hydrogen) atoms. The summed E-state index contributed by atoms with van der Waals surface area (Å²) >= 11 is 0. The molecule has 1 aromatic carbocycles. The van der Waals surface area contributed by atoms with Gasteiger partial charge in [-0.25, -0.2) is 4.68 Å². The topological polar surface area (TPSA) is 64.2 Å². The minimum Gasteiger partial charge on any atom is -0.359 e. The molecule has 0 amide bonds. The molecule has 0 N–H and O–H groups in total. The highest BCUT2D eigenvalue weighted by Crippen LogP contribution is 2.32. The molecule has 1 unspecified atom stereocenters. The molecule has 0 radical (unpaired) electrons. The van der Waals surface area contributed by atoms with Crippen LogP contribution in [0.4, 0.5) is 0 Å². The second-order valence-corrected chi connectivity index (χ2v) is 6.42. The van der Waals surface area contributed by atoms with E-state index in [2.05, 4.69) is 15.2 Å². The van der Waals surface area contributed by atoms with E-state index < -0.39 is 0 Å². The number of hydrogen-bond donors (Lipinski definition) is 0. The van der Waals surface area contributed by atoms with Crippen molar-refractivity contribution in [2.75, 3.05) is 6.54 Å². The standard InChI is InChI=1S/C18H20N4O2/c1-12-10-17(24-20-12)16-8-5-9-21(16)11-22-18(23)15-7-4-3-6-14(15)13(2)19-22/h3-4,6-7,10,16H,5,8-9,11H2,1-2H3. The van der Waals surface area contributed by atoms with E-state index >= 15 is 0 Å².